The minimum atomic E-state index is -0.0452. The van der Waals surface area contributed by atoms with Crippen molar-refractivity contribution in [1.82, 2.24) is 24.9 Å². The minimum absolute atomic E-state index is 0.0184. The van der Waals surface area contributed by atoms with E-state index in [9.17, 15) is 4.79 Å². The Hall–Kier alpha value is -2.09. The summed E-state index contributed by atoms with van der Waals surface area (Å²) in [6, 6.07) is 0.234. The predicted molar refractivity (Wildman–Crippen MR) is 92.7 cm³/mol. The largest absolute Gasteiger partial charge is 0.370 e. The topological polar surface area (TPSA) is 75.0 Å². The Balaban J connectivity index is 2.10. The fourth-order valence-corrected chi connectivity index (χ4v) is 2.43. The molecule has 0 aliphatic carbocycles. The van der Waals surface area contributed by atoms with Gasteiger partial charge in [0.05, 0.1) is 19.3 Å². The molecule has 1 aromatic heterocycles. The van der Waals surface area contributed by atoms with Crippen molar-refractivity contribution in [2.24, 2.45) is 12.0 Å². The van der Waals surface area contributed by atoms with Gasteiger partial charge in [0, 0.05) is 45.5 Å². The van der Waals surface area contributed by atoms with E-state index < -0.39 is 0 Å². The normalized spacial score (nSPS) is 18.8. The van der Waals surface area contributed by atoms with Crippen LogP contribution in [0.3, 0.4) is 0 Å². The Morgan fingerprint density at radius 3 is 2.88 bits per heavy atom. The van der Waals surface area contributed by atoms with Crippen LogP contribution in [0, 0.1) is 0 Å². The van der Waals surface area contributed by atoms with Gasteiger partial charge < -0.3 is 19.9 Å². The molecule has 0 aromatic carbocycles. The van der Waals surface area contributed by atoms with Crippen molar-refractivity contribution in [3.05, 3.63) is 18.0 Å². The molecule has 0 bridgehead atoms. The quantitative estimate of drug-likeness (QED) is 0.630. The van der Waals surface area contributed by atoms with E-state index in [-0.39, 0.29) is 24.6 Å². The Kier molecular flexibility index (Phi) is 6.19. The summed E-state index contributed by atoms with van der Waals surface area (Å²) in [6.07, 6.45) is 3.75. The Bertz CT molecular complexity index is 581. The summed E-state index contributed by atoms with van der Waals surface area (Å²) in [5, 5.41) is 7.56. The first kappa shape index (κ1) is 18.3. The first-order valence-corrected chi connectivity index (χ1v) is 8.23. The van der Waals surface area contributed by atoms with Crippen LogP contribution in [-0.2, 0) is 16.6 Å². The maximum atomic E-state index is 11.8. The number of hydrogen-bond acceptors (Lipinski definition) is 4. The van der Waals surface area contributed by atoms with Crippen LogP contribution in [-0.4, -0.2) is 77.8 Å². The molecule has 1 aliphatic heterocycles. The summed E-state index contributed by atoms with van der Waals surface area (Å²) >= 11 is 0. The van der Waals surface area contributed by atoms with Crippen LogP contribution in [0.5, 0.6) is 0 Å². The Morgan fingerprint density at radius 1 is 1.54 bits per heavy atom. The van der Waals surface area contributed by atoms with Gasteiger partial charge >= 0.3 is 0 Å². The molecule has 1 aliphatic rings. The number of guanidine groups is 1. The van der Waals surface area contributed by atoms with E-state index in [4.69, 9.17) is 4.74 Å². The van der Waals surface area contributed by atoms with Crippen molar-refractivity contribution < 1.29 is 9.53 Å². The first-order valence-electron chi connectivity index (χ1n) is 8.23. The lowest BCUT2D eigenvalue weighted by Crippen LogP contribution is -2.50. The van der Waals surface area contributed by atoms with Gasteiger partial charge in [0.1, 0.15) is 12.6 Å². The average Bonchev–Trinajstić information content (AvgIpc) is 2.97. The van der Waals surface area contributed by atoms with E-state index in [1.54, 1.807) is 23.7 Å². The smallest absolute Gasteiger partial charge is 0.243 e. The zero-order valence-corrected chi connectivity index (χ0v) is 15.2. The molecule has 8 nitrogen and oxygen atoms in total. The molecule has 1 N–H and O–H groups in total. The number of carbonyl (C=O) groups excluding carboxylic acids is 1. The average molecular weight is 336 g/mol. The molecule has 8 heteroatoms. The van der Waals surface area contributed by atoms with Crippen molar-refractivity contribution in [3.63, 3.8) is 0 Å². The number of rotatable bonds is 4. The lowest BCUT2D eigenvalue weighted by molar-refractivity contribution is -0.127. The lowest BCUT2D eigenvalue weighted by Gasteiger charge is -2.35. The maximum absolute atomic E-state index is 11.8. The van der Waals surface area contributed by atoms with Gasteiger partial charge in [-0.25, -0.2) is 4.99 Å². The Labute approximate surface area is 143 Å². The van der Waals surface area contributed by atoms with Crippen LogP contribution in [0.4, 0.5) is 0 Å². The standard InChI is InChI=1S/C16H28N6O2/c1-12(2)19-16(17-9-15(23)20(3)4)22-6-7-24-14(11-22)13-8-18-21(5)10-13/h8,10,12,14H,6-7,9,11H2,1-5H3,(H,17,19). The van der Waals surface area contributed by atoms with Crippen LogP contribution in [0.2, 0.25) is 0 Å². The second-order valence-corrected chi connectivity index (χ2v) is 6.48. The molecule has 1 saturated heterocycles. The molecule has 24 heavy (non-hydrogen) atoms. The van der Waals surface area contributed by atoms with Crippen molar-refractivity contribution in [2.45, 2.75) is 26.0 Å². The van der Waals surface area contributed by atoms with Gasteiger partial charge in [-0.2, -0.15) is 5.10 Å². The number of morpholine rings is 1. The number of nitrogens with one attached hydrogen (secondary N) is 1. The number of aryl methyl sites for hydroxylation is 1. The summed E-state index contributed by atoms with van der Waals surface area (Å²) in [5.74, 6) is 0.729. The third kappa shape index (κ3) is 4.95. The number of ether oxygens (including phenoxy) is 1. The molecule has 1 unspecified atom stereocenters. The van der Waals surface area contributed by atoms with Crippen molar-refractivity contribution in [2.75, 3.05) is 40.3 Å². The summed E-state index contributed by atoms with van der Waals surface area (Å²) in [5.41, 5.74) is 1.05. The van der Waals surface area contributed by atoms with Crippen LogP contribution < -0.4 is 5.32 Å². The van der Waals surface area contributed by atoms with E-state index in [1.807, 2.05) is 19.4 Å². The van der Waals surface area contributed by atoms with Gasteiger partial charge in [0.15, 0.2) is 5.96 Å². The number of amides is 1. The molecular formula is C16H28N6O2. The second kappa shape index (κ2) is 8.14. The number of carbonyl (C=O) groups is 1. The molecule has 0 radical (unpaired) electrons. The van der Waals surface area contributed by atoms with E-state index >= 15 is 0 Å². The van der Waals surface area contributed by atoms with Crippen LogP contribution in [0.25, 0.3) is 0 Å². The van der Waals surface area contributed by atoms with E-state index in [0.29, 0.717) is 13.2 Å². The molecule has 134 valence electrons. The monoisotopic (exact) mass is 336 g/mol. The SMILES string of the molecule is CC(C)NC(=NCC(=O)N(C)C)N1CCOC(c2cnn(C)c2)C1. The fourth-order valence-electron chi connectivity index (χ4n) is 2.43. The minimum Gasteiger partial charge on any atom is -0.370 e. The second-order valence-electron chi connectivity index (χ2n) is 6.48. The molecule has 1 amide bonds. The van der Waals surface area contributed by atoms with Crippen molar-refractivity contribution in [1.29, 1.82) is 0 Å². The molecule has 2 rings (SSSR count). The summed E-state index contributed by atoms with van der Waals surface area (Å²) < 4.78 is 7.65. The Morgan fingerprint density at radius 2 is 2.29 bits per heavy atom. The zero-order valence-electron chi connectivity index (χ0n) is 15.2. The summed E-state index contributed by atoms with van der Waals surface area (Å²) in [7, 11) is 5.37. The molecular weight excluding hydrogens is 308 g/mol. The van der Waals surface area contributed by atoms with E-state index in [2.05, 4.69) is 34.2 Å². The highest BCUT2D eigenvalue weighted by atomic mass is 16.5. The molecule has 2 heterocycles. The summed E-state index contributed by atoms with van der Waals surface area (Å²) in [4.78, 5) is 20.0. The van der Waals surface area contributed by atoms with Gasteiger partial charge in [-0.05, 0) is 13.8 Å². The van der Waals surface area contributed by atoms with E-state index in [0.717, 1.165) is 18.1 Å². The van der Waals surface area contributed by atoms with Crippen molar-refractivity contribution in [3.8, 4) is 0 Å². The van der Waals surface area contributed by atoms with Crippen molar-refractivity contribution >= 4 is 11.9 Å². The molecule has 0 spiro atoms. The predicted octanol–water partition coefficient (Wildman–Crippen LogP) is 0.236. The fraction of sp³-hybridized carbons (Fsp3) is 0.688. The number of aliphatic imine (C=N–C) groups is 1. The number of aromatic nitrogens is 2. The molecule has 1 aromatic rings. The van der Waals surface area contributed by atoms with Crippen LogP contribution in [0.15, 0.2) is 17.4 Å². The molecule has 0 saturated carbocycles. The lowest BCUT2D eigenvalue weighted by atomic mass is 10.1. The molecule has 1 fully saturated rings. The van der Waals surface area contributed by atoms with Crippen LogP contribution >= 0.6 is 0 Å². The van der Waals surface area contributed by atoms with Gasteiger partial charge in [-0.3, -0.25) is 9.48 Å². The van der Waals surface area contributed by atoms with Gasteiger partial charge in [-0.15, -0.1) is 0 Å². The third-order valence-corrected chi connectivity index (χ3v) is 3.74. The summed E-state index contributed by atoms with van der Waals surface area (Å²) in [6.45, 7) is 6.29. The highest BCUT2D eigenvalue weighted by Crippen LogP contribution is 2.21. The molecule has 1 atom stereocenters. The number of hydrogen-bond donors (Lipinski definition) is 1. The first-order chi connectivity index (χ1) is 11.4. The van der Waals surface area contributed by atoms with Gasteiger partial charge in [0.2, 0.25) is 5.91 Å². The van der Waals surface area contributed by atoms with Crippen LogP contribution in [0.1, 0.15) is 25.5 Å². The zero-order chi connectivity index (χ0) is 17.7. The highest BCUT2D eigenvalue weighted by Gasteiger charge is 2.25. The number of nitrogens with zero attached hydrogens (tertiary/aromatic N) is 5. The number of likely N-dealkylation sites (N-methyl/N-ethyl adjacent to an activating group) is 1. The van der Waals surface area contributed by atoms with Gasteiger partial charge in [0.25, 0.3) is 0 Å². The highest BCUT2D eigenvalue weighted by molar-refractivity contribution is 5.85. The third-order valence-electron chi connectivity index (χ3n) is 3.74. The van der Waals surface area contributed by atoms with Gasteiger partial charge in [-0.1, -0.05) is 0 Å². The maximum Gasteiger partial charge on any atom is 0.243 e. The van der Waals surface area contributed by atoms with E-state index in [1.165, 1.54) is 0 Å².